The number of carbonyl (C=O) groups is 1. The molecule has 0 aromatic heterocycles. The molecule has 0 amide bonds. The molecule has 4 bridgehead atoms. The molecular weight excluding hydrogens is 505 g/mol. The standard InChI is InChI=1S/C15H21F3O6S.C9H12S/c16-11(15(17,18)25(21,22)23)1-2-24-12(19)13-4-9-3-10(5-13)7-14(20,6-9)8-13;1-10-8-7-9-5-3-2-4-6-9/h9-11,20H,1-8H2,(H,21,22,23);2-6H,7-8H2,1H3. The van der Waals surface area contributed by atoms with Crippen LogP contribution in [0.1, 0.15) is 50.5 Å². The van der Waals surface area contributed by atoms with E-state index >= 15 is 0 Å². The summed E-state index contributed by atoms with van der Waals surface area (Å²) in [6, 6.07) is 10.6. The number of carbonyl (C=O) groups excluding carboxylic acids is 1. The minimum atomic E-state index is -5.88. The molecular formula is C24H33F3O6S2. The molecule has 35 heavy (non-hydrogen) atoms. The lowest BCUT2D eigenvalue weighted by Crippen LogP contribution is -2.58. The monoisotopic (exact) mass is 538 g/mol. The molecule has 0 aliphatic heterocycles. The van der Waals surface area contributed by atoms with E-state index in [4.69, 9.17) is 9.29 Å². The van der Waals surface area contributed by atoms with Gasteiger partial charge in [0.25, 0.3) is 0 Å². The van der Waals surface area contributed by atoms with Gasteiger partial charge >= 0.3 is 21.3 Å². The van der Waals surface area contributed by atoms with Gasteiger partial charge in [-0.25, -0.2) is 4.39 Å². The molecule has 3 unspecified atom stereocenters. The fourth-order valence-corrected chi connectivity index (χ4v) is 6.94. The van der Waals surface area contributed by atoms with Crippen molar-refractivity contribution in [3.05, 3.63) is 35.9 Å². The number of ether oxygens (including phenoxy) is 1. The highest BCUT2D eigenvalue weighted by molar-refractivity contribution is 7.98. The Morgan fingerprint density at radius 1 is 1.20 bits per heavy atom. The summed E-state index contributed by atoms with van der Waals surface area (Å²) >= 11 is 1.90. The Morgan fingerprint density at radius 3 is 2.31 bits per heavy atom. The normalized spacial score (nSPS) is 30.3. The van der Waals surface area contributed by atoms with Gasteiger partial charge in [0.15, 0.2) is 6.17 Å². The summed E-state index contributed by atoms with van der Waals surface area (Å²) in [5.74, 6) is 1.01. The van der Waals surface area contributed by atoms with E-state index in [-0.39, 0.29) is 18.3 Å². The molecule has 4 aliphatic rings. The minimum absolute atomic E-state index is 0.219. The van der Waals surface area contributed by atoms with Crippen LogP contribution in [-0.4, -0.2) is 59.7 Å². The van der Waals surface area contributed by atoms with Crippen LogP contribution in [-0.2, 0) is 26.1 Å². The summed E-state index contributed by atoms with van der Waals surface area (Å²) in [7, 11) is -5.88. The van der Waals surface area contributed by atoms with Crippen molar-refractivity contribution in [2.24, 2.45) is 17.3 Å². The number of hydrogen-bond donors (Lipinski definition) is 2. The van der Waals surface area contributed by atoms with Crippen LogP contribution in [0, 0.1) is 17.3 Å². The first-order valence-electron chi connectivity index (χ1n) is 11.7. The fourth-order valence-electron chi connectivity index (χ4n) is 6.06. The Kier molecular flexibility index (Phi) is 8.87. The van der Waals surface area contributed by atoms with Gasteiger partial charge in [-0.2, -0.15) is 29.0 Å². The number of halogens is 3. The zero-order valence-electron chi connectivity index (χ0n) is 19.7. The lowest BCUT2D eigenvalue weighted by molar-refractivity contribution is -0.196. The number of esters is 1. The number of alkyl halides is 3. The van der Waals surface area contributed by atoms with Crippen molar-refractivity contribution < 1.29 is 40.8 Å². The summed E-state index contributed by atoms with van der Waals surface area (Å²) in [4.78, 5) is 12.5. The van der Waals surface area contributed by atoms with Gasteiger partial charge in [0.05, 0.1) is 17.6 Å². The molecule has 4 fully saturated rings. The quantitative estimate of drug-likeness (QED) is 0.348. The molecule has 1 aromatic carbocycles. The van der Waals surface area contributed by atoms with E-state index in [1.54, 1.807) is 0 Å². The predicted molar refractivity (Wildman–Crippen MR) is 128 cm³/mol. The molecule has 198 valence electrons. The Morgan fingerprint density at radius 2 is 1.80 bits per heavy atom. The first kappa shape index (κ1) is 28.3. The van der Waals surface area contributed by atoms with Crippen LogP contribution < -0.4 is 0 Å². The maximum atomic E-state index is 13.4. The average Bonchev–Trinajstić information content (AvgIpc) is 2.76. The van der Waals surface area contributed by atoms with E-state index in [0.29, 0.717) is 25.7 Å². The molecule has 2 N–H and O–H groups in total. The van der Waals surface area contributed by atoms with Gasteiger partial charge in [-0.3, -0.25) is 9.35 Å². The van der Waals surface area contributed by atoms with Gasteiger partial charge in [-0.05, 0) is 74.4 Å². The Balaban J connectivity index is 0.000000287. The van der Waals surface area contributed by atoms with Gasteiger partial charge in [0, 0.05) is 6.42 Å². The maximum Gasteiger partial charge on any atom is 0.400 e. The highest BCUT2D eigenvalue weighted by atomic mass is 32.2. The summed E-state index contributed by atoms with van der Waals surface area (Å²) < 4.78 is 74.0. The van der Waals surface area contributed by atoms with Crippen molar-refractivity contribution in [3.8, 4) is 0 Å². The number of benzene rings is 1. The Bertz CT molecular complexity index is 959. The van der Waals surface area contributed by atoms with E-state index in [9.17, 15) is 31.5 Å². The molecule has 1 aromatic rings. The third kappa shape index (κ3) is 6.72. The molecule has 0 radical (unpaired) electrons. The molecule has 4 saturated carbocycles. The van der Waals surface area contributed by atoms with Gasteiger partial charge in [0.1, 0.15) is 0 Å². The predicted octanol–water partition coefficient (Wildman–Crippen LogP) is 4.66. The van der Waals surface area contributed by atoms with Crippen molar-refractivity contribution in [3.63, 3.8) is 0 Å². The Labute approximate surface area is 208 Å². The number of hydrogen-bond acceptors (Lipinski definition) is 6. The van der Waals surface area contributed by atoms with E-state index in [1.807, 2.05) is 11.8 Å². The molecule has 4 aliphatic carbocycles. The van der Waals surface area contributed by atoms with Crippen LogP contribution in [0.25, 0.3) is 0 Å². The highest BCUT2D eigenvalue weighted by Gasteiger charge is 2.61. The summed E-state index contributed by atoms with van der Waals surface area (Å²) in [6.45, 7) is -0.722. The van der Waals surface area contributed by atoms with Gasteiger partial charge in [0.2, 0.25) is 0 Å². The second-order valence-corrected chi connectivity index (χ2v) is 12.6. The van der Waals surface area contributed by atoms with Gasteiger partial charge < -0.3 is 9.84 Å². The van der Waals surface area contributed by atoms with Gasteiger partial charge in [-0.1, -0.05) is 30.3 Å². The molecule has 0 heterocycles. The first-order chi connectivity index (χ1) is 16.3. The van der Waals surface area contributed by atoms with E-state index in [1.165, 1.54) is 17.7 Å². The summed E-state index contributed by atoms with van der Waals surface area (Å²) in [6.07, 6.45) is 2.72. The highest BCUT2D eigenvalue weighted by Crippen LogP contribution is 2.62. The minimum Gasteiger partial charge on any atom is -0.465 e. The second-order valence-electron chi connectivity index (χ2n) is 10.1. The smallest absolute Gasteiger partial charge is 0.400 e. The van der Waals surface area contributed by atoms with Crippen LogP contribution in [0.2, 0.25) is 0 Å². The van der Waals surface area contributed by atoms with Crippen molar-refractivity contribution in [1.82, 2.24) is 0 Å². The fraction of sp³-hybridized carbons (Fsp3) is 0.708. The van der Waals surface area contributed by atoms with E-state index in [2.05, 4.69) is 36.6 Å². The average molecular weight is 539 g/mol. The third-order valence-corrected chi connectivity index (χ3v) is 8.77. The molecule has 5 rings (SSSR count). The number of thioether (sulfide) groups is 1. The van der Waals surface area contributed by atoms with E-state index < -0.39 is 51.6 Å². The van der Waals surface area contributed by atoms with E-state index in [0.717, 1.165) is 6.42 Å². The summed E-state index contributed by atoms with van der Waals surface area (Å²) in [5, 5.41) is 5.62. The van der Waals surface area contributed by atoms with Crippen LogP contribution in [0.15, 0.2) is 30.3 Å². The van der Waals surface area contributed by atoms with Gasteiger partial charge in [-0.15, -0.1) is 0 Å². The summed E-state index contributed by atoms with van der Waals surface area (Å²) in [5.41, 5.74) is -0.322. The maximum absolute atomic E-state index is 13.4. The lowest BCUT2D eigenvalue weighted by Gasteiger charge is -2.58. The Hall–Kier alpha value is -1.30. The SMILES string of the molecule is CSCCc1ccccc1.O=C(OCCC(F)C(F)(F)S(=O)(=O)O)C12CC3CC(CC(O)(C3)C1)C2. The zero-order chi connectivity index (χ0) is 25.9. The largest absolute Gasteiger partial charge is 0.465 e. The van der Waals surface area contributed by atoms with Crippen molar-refractivity contribution in [2.45, 2.75) is 68.4 Å². The van der Waals surface area contributed by atoms with Crippen molar-refractivity contribution >= 4 is 27.8 Å². The van der Waals surface area contributed by atoms with Crippen LogP contribution in [0.4, 0.5) is 13.2 Å². The number of aryl methyl sites for hydroxylation is 1. The lowest BCUT2D eigenvalue weighted by atomic mass is 9.48. The molecule has 3 atom stereocenters. The van der Waals surface area contributed by atoms with Crippen LogP contribution >= 0.6 is 11.8 Å². The molecule has 11 heteroatoms. The first-order valence-corrected chi connectivity index (χ1v) is 14.5. The molecule has 0 saturated heterocycles. The van der Waals surface area contributed by atoms with Crippen LogP contribution in [0.5, 0.6) is 0 Å². The second kappa shape index (κ2) is 11.0. The molecule has 0 spiro atoms. The van der Waals surface area contributed by atoms with Crippen molar-refractivity contribution in [1.29, 1.82) is 0 Å². The van der Waals surface area contributed by atoms with Crippen molar-refractivity contribution in [2.75, 3.05) is 18.6 Å². The zero-order valence-corrected chi connectivity index (χ0v) is 21.3. The number of aliphatic hydroxyl groups is 1. The molecule has 6 nitrogen and oxygen atoms in total. The topological polar surface area (TPSA) is 101 Å². The van der Waals surface area contributed by atoms with Crippen LogP contribution in [0.3, 0.4) is 0 Å². The third-order valence-electron chi connectivity index (χ3n) is 7.21. The number of rotatable bonds is 9.